The molecule has 0 saturated carbocycles. The summed E-state index contributed by atoms with van der Waals surface area (Å²) in [5.41, 5.74) is 2.15. The highest BCUT2D eigenvalue weighted by molar-refractivity contribution is 6.21. The van der Waals surface area contributed by atoms with Crippen LogP contribution in [-0.2, 0) is 14.3 Å². The topological polar surface area (TPSA) is 102 Å². The van der Waals surface area contributed by atoms with E-state index in [4.69, 9.17) is 9.47 Å². The van der Waals surface area contributed by atoms with Crippen molar-refractivity contribution in [2.45, 2.75) is 26.7 Å². The molecule has 0 atom stereocenters. The SMILES string of the molecule is CCOc1ccccc1NC(=O)COC(=O)CCCN1C(=O)c2ccc(C)cc2C1=O. The van der Waals surface area contributed by atoms with E-state index >= 15 is 0 Å². The quantitative estimate of drug-likeness (QED) is 0.491. The van der Waals surface area contributed by atoms with Crippen LogP contribution in [-0.4, -0.2) is 48.3 Å². The summed E-state index contributed by atoms with van der Waals surface area (Å²) in [5.74, 6) is -1.26. The fourth-order valence-electron chi connectivity index (χ4n) is 3.24. The molecule has 0 radical (unpaired) electrons. The normalized spacial score (nSPS) is 12.5. The first-order valence-corrected chi connectivity index (χ1v) is 10.0. The van der Waals surface area contributed by atoms with E-state index in [0.29, 0.717) is 29.2 Å². The van der Waals surface area contributed by atoms with Crippen molar-refractivity contribution in [3.05, 3.63) is 59.2 Å². The van der Waals surface area contributed by atoms with Crippen molar-refractivity contribution in [2.24, 2.45) is 0 Å². The van der Waals surface area contributed by atoms with Gasteiger partial charge in [-0.2, -0.15) is 0 Å². The smallest absolute Gasteiger partial charge is 0.306 e. The molecule has 1 heterocycles. The third-order valence-corrected chi connectivity index (χ3v) is 4.71. The van der Waals surface area contributed by atoms with Crippen LogP contribution in [0.1, 0.15) is 46.0 Å². The molecule has 0 bridgehead atoms. The molecule has 162 valence electrons. The molecule has 3 rings (SSSR count). The number of carbonyl (C=O) groups is 4. The Labute approximate surface area is 180 Å². The van der Waals surface area contributed by atoms with Gasteiger partial charge in [-0.1, -0.05) is 23.8 Å². The summed E-state index contributed by atoms with van der Waals surface area (Å²) in [5, 5.41) is 2.64. The van der Waals surface area contributed by atoms with Gasteiger partial charge in [-0.15, -0.1) is 0 Å². The standard InChI is InChI=1S/C23H24N2O6/c1-3-30-19-8-5-4-7-18(19)24-20(26)14-31-21(27)9-6-12-25-22(28)16-11-10-15(2)13-17(16)23(25)29/h4-5,7-8,10-11,13H,3,6,9,12,14H2,1-2H3,(H,24,26). The van der Waals surface area contributed by atoms with Crippen LogP contribution in [0.15, 0.2) is 42.5 Å². The zero-order valence-corrected chi connectivity index (χ0v) is 17.5. The fraction of sp³-hybridized carbons (Fsp3) is 0.304. The number of anilines is 1. The van der Waals surface area contributed by atoms with E-state index in [1.54, 1.807) is 42.5 Å². The van der Waals surface area contributed by atoms with Crippen molar-refractivity contribution >= 4 is 29.4 Å². The Morgan fingerprint density at radius 1 is 1.03 bits per heavy atom. The first-order chi connectivity index (χ1) is 14.9. The summed E-state index contributed by atoms with van der Waals surface area (Å²) in [4.78, 5) is 49.9. The average molecular weight is 424 g/mol. The maximum absolute atomic E-state index is 12.4. The van der Waals surface area contributed by atoms with Crippen molar-refractivity contribution in [1.82, 2.24) is 4.90 Å². The fourth-order valence-corrected chi connectivity index (χ4v) is 3.24. The lowest BCUT2D eigenvalue weighted by Gasteiger charge is -2.13. The maximum Gasteiger partial charge on any atom is 0.306 e. The largest absolute Gasteiger partial charge is 0.492 e. The predicted molar refractivity (Wildman–Crippen MR) is 113 cm³/mol. The molecule has 31 heavy (non-hydrogen) atoms. The Kier molecular flexibility index (Phi) is 7.02. The first-order valence-electron chi connectivity index (χ1n) is 10.0. The van der Waals surface area contributed by atoms with E-state index in [2.05, 4.69) is 5.32 Å². The number of rotatable bonds is 9. The first kappa shape index (κ1) is 22.0. The van der Waals surface area contributed by atoms with E-state index in [1.165, 1.54) is 0 Å². The van der Waals surface area contributed by atoms with Gasteiger partial charge in [0.1, 0.15) is 5.75 Å². The number of amides is 3. The average Bonchev–Trinajstić information content (AvgIpc) is 2.98. The predicted octanol–water partition coefficient (Wildman–Crippen LogP) is 2.95. The number of nitrogens with zero attached hydrogens (tertiary/aromatic N) is 1. The summed E-state index contributed by atoms with van der Waals surface area (Å²) in [6.45, 7) is 3.81. The van der Waals surface area contributed by atoms with E-state index in [-0.39, 0.29) is 31.2 Å². The lowest BCUT2D eigenvalue weighted by atomic mass is 10.1. The molecule has 0 fully saturated rings. The Bertz CT molecular complexity index is 1020. The number of aryl methyl sites for hydroxylation is 1. The molecular formula is C23H24N2O6. The molecular weight excluding hydrogens is 400 g/mol. The number of fused-ring (bicyclic) bond motifs is 1. The van der Waals surface area contributed by atoms with E-state index in [0.717, 1.165) is 10.5 Å². The zero-order chi connectivity index (χ0) is 22.4. The summed E-state index contributed by atoms with van der Waals surface area (Å²) in [7, 11) is 0. The van der Waals surface area contributed by atoms with Gasteiger partial charge in [-0.25, -0.2) is 0 Å². The number of hydrogen-bond acceptors (Lipinski definition) is 6. The van der Waals surface area contributed by atoms with Crippen LogP contribution >= 0.6 is 0 Å². The number of para-hydroxylation sites is 2. The van der Waals surface area contributed by atoms with Crippen LogP contribution in [0.5, 0.6) is 5.75 Å². The minimum Gasteiger partial charge on any atom is -0.492 e. The van der Waals surface area contributed by atoms with Gasteiger partial charge in [-0.3, -0.25) is 24.1 Å². The Morgan fingerprint density at radius 2 is 1.77 bits per heavy atom. The van der Waals surface area contributed by atoms with E-state index < -0.39 is 18.5 Å². The Morgan fingerprint density at radius 3 is 2.55 bits per heavy atom. The molecule has 0 aliphatic carbocycles. The van der Waals surface area contributed by atoms with Gasteiger partial charge in [0.25, 0.3) is 17.7 Å². The molecule has 8 nitrogen and oxygen atoms in total. The molecule has 1 aliphatic heterocycles. The molecule has 2 aromatic carbocycles. The zero-order valence-electron chi connectivity index (χ0n) is 17.5. The molecule has 1 N–H and O–H groups in total. The molecule has 3 amide bonds. The molecule has 1 aliphatic rings. The number of carbonyl (C=O) groups excluding carboxylic acids is 4. The molecule has 0 spiro atoms. The minimum atomic E-state index is -0.583. The van der Waals surface area contributed by atoms with E-state index in [9.17, 15) is 19.2 Å². The van der Waals surface area contributed by atoms with Crippen molar-refractivity contribution < 1.29 is 28.7 Å². The van der Waals surface area contributed by atoms with Crippen molar-refractivity contribution in [3.8, 4) is 5.75 Å². The third kappa shape index (κ3) is 5.28. The second-order valence-corrected chi connectivity index (χ2v) is 7.05. The van der Waals surface area contributed by atoms with Crippen LogP contribution in [0, 0.1) is 6.92 Å². The van der Waals surface area contributed by atoms with Gasteiger partial charge in [-0.05, 0) is 44.5 Å². The lowest BCUT2D eigenvalue weighted by molar-refractivity contribution is -0.147. The van der Waals surface area contributed by atoms with Crippen LogP contribution in [0.4, 0.5) is 5.69 Å². The second-order valence-electron chi connectivity index (χ2n) is 7.05. The highest BCUT2D eigenvalue weighted by atomic mass is 16.5. The van der Waals surface area contributed by atoms with Gasteiger partial charge in [0, 0.05) is 13.0 Å². The van der Waals surface area contributed by atoms with Crippen LogP contribution in [0.3, 0.4) is 0 Å². The highest BCUT2D eigenvalue weighted by Crippen LogP contribution is 2.25. The molecule has 0 saturated heterocycles. The number of imide groups is 1. The summed E-state index contributed by atoms with van der Waals surface area (Å²) >= 11 is 0. The van der Waals surface area contributed by atoms with Gasteiger partial charge in [0.2, 0.25) is 0 Å². The number of nitrogens with one attached hydrogen (secondary N) is 1. The Balaban J connectivity index is 1.43. The van der Waals surface area contributed by atoms with Gasteiger partial charge in [0.15, 0.2) is 6.61 Å². The summed E-state index contributed by atoms with van der Waals surface area (Å²) < 4.78 is 10.4. The number of benzene rings is 2. The monoisotopic (exact) mass is 424 g/mol. The summed E-state index contributed by atoms with van der Waals surface area (Å²) in [6.07, 6.45) is 0.229. The molecule has 2 aromatic rings. The number of hydrogen-bond donors (Lipinski definition) is 1. The second kappa shape index (κ2) is 9.88. The lowest BCUT2D eigenvalue weighted by Crippen LogP contribution is -2.31. The molecule has 8 heteroatoms. The number of esters is 1. The molecule has 0 unspecified atom stereocenters. The summed E-state index contributed by atoms with van der Waals surface area (Å²) in [6, 6.07) is 12.1. The Hall–Kier alpha value is -3.68. The van der Waals surface area contributed by atoms with Crippen molar-refractivity contribution in [3.63, 3.8) is 0 Å². The maximum atomic E-state index is 12.4. The van der Waals surface area contributed by atoms with Crippen LogP contribution in [0.25, 0.3) is 0 Å². The van der Waals surface area contributed by atoms with Crippen molar-refractivity contribution in [2.75, 3.05) is 25.1 Å². The van der Waals surface area contributed by atoms with Gasteiger partial charge >= 0.3 is 5.97 Å². The minimum absolute atomic E-state index is 0.0186. The number of ether oxygens (including phenoxy) is 2. The van der Waals surface area contributed by atoms with Gasteiger partial charge in [0.05, 0.1) is 23.4 Å². The third-order valence-electron chi connectivity index (χ3n) is 4.71. The van der Waals surface area contributed by atoms with Gasteiger partial charge < -0.3 is 14.8 Å². The van der Waals surface area contributed by atoms with E-state index in [1.807, 2.05) is 13.8 Å². The van der Waals surface area contributed by atoms with Crippen LogP contribution in [0.2, 0.25) is 0 Å². The highest BCUT2D eigenvalue weighted by Gasteiger charge is 2.35. The van der Waals surface area contributed by atoms with Crippen molar-refractivity contribution in [1.29, 1.82) is 0 Å². The van der Waals surface area contributed by atoms with Crippen LogP contribution < -0.4 is 10.1 Å². The molecule has 0 aromatic heterocycles.